The van der Waals surface area contributed by atoms with Crippen LogP contribution in [0.3, 0.4) is 0 Å². The monoisotopic (exact) mass is 494 g/mol. The van der Waals surface area contributed by atoms with Gasteiger partial charge >= 0.3 is 18.2 Å². The summed E-state index contributed by atoms with van der Waals surface area (Å²) in [5.41, 5.74) is 2.82. The summed E-state index contributed by atoms with van der Waals surface area (Å²) in [5.74, 6) is -1.11. The molecule has 1 fully saturated rings. The standard InChI is InChI=1S/C28H34N2O6/c1-18-15-28(16-24(31)32,13-14-30(18)26(34)36-27(2,3)4)29-25(33)35-17-23-21-11-7-5-9-19(21)20-10-6-8-12-22(20)23/h5-12,18,23H,13-17H2,1-4H3,(H,29,33)(H,31,32). The number of ether oxygens (including phenoxy) is 2. The molecule has 0 radical (unpaired) electrons. The molecule has 1 aliphatic carbocycles. The molecule has 0 spiro atoms. The van der Waals surface area contributed by atoms with Crippen molar-refractivity contribution in [1.82, 2.24) is 10.2 Å². The average molecular weight is 495 g/mol. The van der Waals surface area contributed by atoms with Gasteiger partial charge < -0.3 is 24.8 Å². The van der Waals surface area contributed by atoms with Crippen molar-refractivity contribution in [3.8, 4) is 11.1 Å². The van der Waals surface area contributed by atoms with Crippen molar-refractivity contribution >= 4 is 18.2 Å². The van der Waals surface area contributed by atoms with Crippen molar-refractivity contribution in [1.29, 1.82) is 0 Å². The summed E-state index contributed by atoms with van der Waals surface area (Å²) in [7, 11) is 0. The summed E-state index contributed by atoms with van der Waals surface area (Å²) < 4.78 is 11.2. The first-order valence-electron chi connectivity index (χ1n) is 12.3. The molecule has 0 bridgehead atoms. The molecule has 0 saturated carbocycles. The molecule has 2 aromatic carbocycles. The van der Waals surface area contributed by atoms with E-state index in [9.17, 15) is 19.5 Å². The van der Waals surface area contributed by atoms with Crippen LogP contribution in [0.2, 0.25) is 0 Å². The molecule has 4 rings (SSSR count). The molecule has 2 aromatic rings. The van der Waals surface area contributed by atoms with E-state index >= 15 is 0 Å². The van der Waals surface area contributed by atoms with Crippen LogP contribution >= 0.6 is 0 Å². The van der Waals surface area contributed by atoms with Crippen molar-refractivity contribution in [2.75, 3.05) is 13.2 Å². The highest BCUT2D eigenvalue weighted by molar-refractivity contribution is 5.79. The van der Waals surface area contributed by atoms with E-state index in [-0.39, 0.29) is 44.4 Å². The SMILES string of the molecule is CC1CC(CC(=O)O)(NC(=O)OCC2c3ccccc3-c3ccccc32)CCN1C(=O)OC(C)(C)C. The second kappa shape index (κ2) is 9.84. The highest BCUT2D eigenvalue weighted by Gasteiger charge is 2.44. The van der Waals surface area contributed by atoms with Gasteiger partial charge in [0.2, 0.25) is 0 Å². The number of hydrogen-bond acceptors (Lipinski definition) is 5. The lowest BCUT2D eigenvalue weighted by Gasteiger charge is -2.45. The summed E-state index contributed by atoms with van der Waals surface area (Å²) in [6.45, 7) is 7.64. The highest BCUT2D eigenvalue weighted by Crippen LogP contribution is 2.44. The van der Waals surface area contributed by atoms with Crippen molar-refractivity contribution in [2.24, 2.45) is 0 Å². The first kappa shape index (κ1) is 25.5. The number of rotatable bonds is 5. The van der Waals surface area contributed by atoms with Crippen molar-refractivity contribution in [3.63, 3.8) is 0 Å². The van der Waals surface area contributed by atoms with Gasteiger partial charge in [0.25, 0.3) is 0 Å². The Labute approximate surface area is 211 Å². The third kappa shape index (κ3) is 5.48. The molecule has 1 heterocycles. The van der Waals surface area contributed by atoms with E-state index in [1.165, 1.54) is 0 Å². The second-order valence-electron chi connectivity index (χ2n) is 10.8. The lowest BCUT2D eigenvalue weighted by Crippen LogP contribution is -2.60. The molecule has 8 nitrogen and oxygen atoms in total. The zero-order chi connectivity index (χ0) is 26.1. The predicted molar refractivity (Wildman–Crippen MR) is 135 cm³/mol. The van der Waals surface area contributed by atoms with E-state index in [4.69, 9.17) is 9.47 Å². The zero-order valence-electron chi connectivity index (χ0n) is 21.2. The number of nitrogens with zero attached hydrogens (tertiary/aromatic N) is 1. The molecule has 2 amide bonds. The number of fused-ring (bicyclic) bond motifs is 3. The Bertz CT molecular complexity index is 1110. The largest absolute Gasteiger partial charge is 0.481 e. The smallest absolute Gasteiger partial charge is 0.410 e. The number of aliphatic carboxylic acids is 1. The molecule has 192 valence electrons. The van der Waals surface area contributed by atoms with Gasteiger partial charge in [-0.15, -0.1) is 0 Å². The second-order valence-corrected chi connectivity index (χ2v) is 10.8. The molecule has 8 heteroatoms. The molecule has 2 unspecified atom stereocenters. The molecule has 0 aromatic heterocycles. The van der Waals surface area contributed by atoms with E-state index in [1.807, 2.05) is 43.3 Å². The normalized spacial score (nSPS) is 21.3. The van der Waals surface area contributed by atoms with Crippen LogP contribution < -0.4 is 5.32 Å². The van der Waals surface area contributed by atoms with Crippen LogP contribution in [0.15, 0.2) is 48.5 Å². The molecule has 1 saturated heterocycles. The van der Waals surface area contributed by atoms with Gasteiger partial charge in [-0.1, -0.05) is 48.5 Å². The van der Waals surface area contributed by atoms with Gasteiger partial charge in [0.05, 0.1) is 12.0 Å². The van der Waals surface area contributed by atoms with Crippen molar-refractivity contribution in [3.05, 3.63) is 59.7 Å². The topological polar surface area (TPSA) is 105 Å². The summed E-state index contributed by atoms with van der Waals surface area (Å²) in [5, 5.41) is 12.4. The first-order valence-corrected chi connectivity index (χ1v) is 12.3. The lowest BCUT2D eigenvalue weighted by molar-refractivity contribution is -0.139. The van der Waals surface area contributed by atoms with Gasteiger partial charge in [0, 0.05) is 18.5 Å². The van der Waals surface area contributed by atoms with Crippen LogP contribution in [-0.4, -0.2) is 58.5 Å². The van der Waals surface area contributed by atoms with Gasteiger partial charge in [0.1, 0.15) is 12.2 Å². The number of carbonyl (C=O) groups excluding carboxylic acids is 2. The average Bonchev–Trinajstić information content (AvgIpc) is 3.09. The molecular formula is C28H34N2O6. The number of hydrogen-bond donors (Lipinski definition) is 2. The minimum absolute atomic E-state index is 0.0912. The van der Waals surface area contributed by atoms with Crippen molar-refractivity contribution < 1.29 is 29.0 Å². The van der Waals surface area contributed by atoms with Crippen molar-refractivity contribution in [2.45, 2.75) is 70.1 Å². The van der Waals surface area contributed by atoms with E-state index in [0.29, 0.717) is 0 Å². The Morgan fingerprint density at radius 3 is 2.17 bits per heavy atom. The van der Waals surface area contributed by atoms with E-state index in [1.54, 1.807) is 25.7 Å². The van der Waals surface area contributed by atoms with Gasteiger partial charge in [-0.3, -0.25) is 4.79 Å². The molecule has 1 aliphatic heterocycles. The molecular weight excluding hydrogens is 460 g/mol. The van der Waals surface area contributed by atoms with Gasteiger partial charge in [-0.05, 0) is 62.8 Å². The fraction of sp³-hybridized carbons (Fsp3) is 0.464. The number of carbonyl (C=O) groups is 3. The molecule has 36 heavy (non-hydrogen) atoms. The number of nitrogens with one attached hydrogen (secondary N) is 1. The third-order valence-electron chi connectivity index (χ3n) is 6.88. The minimum atomic E-state index is -1.02. The van der Waals surface area contributed by atoms with Gasteiger partial charge in [0.15, 0.2) is 0 Å². The quantitative estimate of drug-likeness (QED) is 0.595. The lowest BCUT2D eigenvalue weighted by atomic mass is 9.81. The Morgan fingerprint density at radius 2 is 1.64 bits per heavy atom. The van der Waals surface area contributed by atoms with Gasteiger partial charge in [-0.2, -0.15) is 0 Å². The van der Waals surface area contributed by atoms with Crippen LogP contribution in [0.25, 0.3) is 11.1 Å². The Hall–Kier alpha value is -3.55. The van der Waals surface area contributed by atoms with Crippen LogP contribution in [0.1, 0.15) is 64.0 Å². The fourth-order valence-corrected chi connectivity index (χ4v) is 5.38. The summed E-state index contributed by atoms with van der Waals surface area (Å²) in [6, 6.07) is 15.8. The Morgan fingerprint density at radius 1 is 1.06 bits per heavy atom. The van der Waals surface area contributed by atoms with E-state index in [2.05, 4.69) is 17.4 Å². The maximum absolute atomic E-state index is 13.0. The number of piperidine rings is 1. The predicted octanol–water partition coefficient (Wildman–Crippen LogP) is 5.16. The molecule has 2 atom stereocenters. The zero-order valence-corrected chi connectivity index (χ0v) is 21.2. The maximum atomic E-state index is 13.0. The van der Waals surface area contributed by atoms with Crippen LogP contribution in [0.5, 0.6) is 0 Å². The van der Waals surface area contributed by atoms with Crippen LogP contribution in [0.4, 0.5) is 9.59 Å². The number of alkyl carbamates (subject to hydrolysis) is 1. The first-order chi connectivity index (χ1) is 17.0. The Balaban J connectivity index is 1.44. The summed E-state index contributed by atoms with van der Waals surface area (Å²) in [4.78, 5) is 38.9. The maximum Gasteiger partial charge on any atom is 0.410 e. The molecule has 2 aliphatic rings. The number of likely N-dealkylation sites (tertiary alicyclic amines) is 1. The Kier molecular flexibility index (Phi) is 6.98. The number of amides is 2. The minimum Gasteiger partial charge on any atom is -0.481 e. The number of carboxylic acids is 1. The van der Waals surface area contributed by atoms with E-state index in [0.717, 1.165) is 22.3 Å². The van der Waals surface area contributed by atoms with E-state index < -0.39 is 29.3 Å². The van der Waals surface area contributed by atoms with Crippen LogP contribution in [-0.2, 0) is 14.3 Å². The molecule has 2 N–H and O–H groups in total. The summed E-state index contributed by atoms with van der Waals surface area (Å²) >= 11 is 0. The third-order valence-corrected chi connectivity index (χ3v) is 6.88. The number of carboxylic acid groups (broad SMARTS) is 1. The highest BCUT2D eigenvalue weighted by atomic mass is 16.6. The van der Waals surface area contributed by atoms with Crippen LogP contribution in [0, 0.1) is 0 Å². The fourth-order valence-electron chi connectivity index (χ4n) is 5.38. The summed E-state index contributed by atoms with van der Waals surface area (Å²) in [6.07, 6.45) is -0.796. The number of benzene rings is 2. The van der Waals surface area contributed by atoms with Gasteiger partial charge in [-0.25, -0.2) is 9.59 Å².